The van der Waals surface area contributed by atoms with Gasteiger partial charge in [-0.2, -0.15) is 0 Å². The monoisotopic (exact) mass is 291 g/mol. The topological polar surface area (TPSA) is 72.5 Å². The van der Waals surface area contributed by atoms with Gasteiger partial charge in [0.15, 0.2) is 16.6 Å². The van der Waals surface area contributed by atoms with Gasteiger partial charge in [-0.15, -0.1) is 11.3 Å². The Balaban J connectivity index is 1.48. The lowest BCUT2D eigenvalue weighted by molar-refractivity contribution is -0.119. The second kappa shape index (κ2) is 5.79. The molecular formula is C13H13N3O3S. The number of hydrogen-bond donors (Lipinski definition) is 2. The van der Waals surface area contributed by atoms with Crippen molar-refractivity contribution in [2.75, 3.05) is 18.7 Å². The summed E-state index contributed by atoms with van der Waals surface area (Å²) in [5.74, 6) is 1.38. The van der Waals surface area contributed by atoms with Gasteiger partial charge in [-0.3, -0.25) is 4.79 Å². The van der Waals surface area contributed by atoms with E-state index >= 15 is 0 Å². The number of carbonyl (C=O) groups excluding carboxylic acids is 1. The van der Waals surface area contributed by atoms with Crippen LogP contribution in [-0.4, -0.2) is 24.2 Å². The third-order valence-electron chi connectivity index (χ3n) is 2.76. The van der Waals surface area contributed by atoms with Crippen molar-refractivity contribution in [3.63, 3.8) is 0 Å². The van der Waals surface area contributed by atoms with Crippen LogP contribution in [0.15, 0.2) is 29.8 Å². The molecule has 1 aromatic carbocycles. The molecule has 1 aromatic heterocycles. The van der Waals surface area contributed by atoms with Crippen molar-refractivity contribution in [2.24, 2.45) is 0 Å². The average molecular weight is 291 g/mol. The minimum absolute atomic E-state index is 0.0853. The Morgan fingerprint density at radius 1 is 1.35 bits per heavy atom. The molecule has 0 aliphatic carbocycles. The van der Waals surface area contributed by atoms with E-state index in [2.05, 4.69) is 15.6 Å². The van der Waals surface area contributed by atoms with Crippen LogP contribution >= 0.6 is 11.3 Å². The third-order valence-corrected chi connectivity index (χ3v) is 3.49. The zero-order chi connectivity index (χ0) is 13.8. The summed E-state index contributed by atoms with van der Waals surface area (Å²) >= 11 is 1.46. The number of benzene rings is 1. The molecule has 1 aliphatic rings. The number of aromatic nitrogens is 1. The van der Waals surface area contributed by atoms with Crippen LogP contribution in [0, 0.1) is 0 Å². The van der Waals surface area contributed by atoms with Crippen LogP contribution in [0.4, 0.5) is 5.13 Å². The molecule has 20 heavy (non-hydrogen) atoms. The number of rotatable bonds is 5. The van der Waals surface area contributed by atoms with E-state index in [-0.39, 0.29) is 19.2 Å². The Bertz CT molecular complexity index is 601. The number of nitrogens with one attached hydrogen (secondary N) is 2. The molecule has 0 saturated carbocycles. The summed E-state index contributed by atoms with van der Waals surface area (Å²) in [6.07, 6.45) is 1.69. The van der Waals surface area contributed by atoms with Gasteiger partial charge in [0.1, 0.15) is 0 Å². The van der Waals surface area contributed by atoms with Crippen molar-refractivity contribution in [2.45, 2.75) is 6.54 Å². The predicted molar refractivity (Wildman–Crippen MR) is 75.0 cm³/mol. The van der Waals surface area contributed by atoms with Crippen molar-refractivity contribution in [3.8, 4) is 11.5 Å². The van der Waals surface area contributed by atoms with E-state index in [4.69, 9.17) is 9.47 Å². The minimum Gasteiger partial charge on any atom is -0.454 e. The summed E-state index contributed by atoms with van der Waals surface area (Å²) in [5, 5.41) is 8.38. The predicted octanol–water partition coefficient (Wildman–Crippen LogP) is 1.60. The SMILES string of the molecule is O=C(CNc1nccs1)NCc1ccc2c(c1)OCO2. The van der Waals surface area contributed by atoms with Gasteiger partial charge < -0.3 is 20.1 Å². The van der Waals surface area contributed by atoms with Gasteiger partial charge in [0, 0.05) is 18.1 Å². The number of amides is 1. The van der Waals surface area contributed by atoms with Gasteiger partial charge in [-0.25, -0.2) is 4.98 Å². The van der Waals surface area contributed by atoms with E-state index < -0.39 is 0 Å². The summed E-state index contributed by atoms with van der Waals surface area (Å²) in [7, 11) is 0. The number of fused-ring (bicyclic) bond motifs is 1. The molecule has 0 unspecified atom stereocenters. The van der Waals surface area contributed by atoms with Gasteiger partial charge in [-0.05, 0) is 17.7 Å². The van der Waals surface area contributed by atoms with E-state index in [9.17, 15) is 4.79 Å². The van der Waals surface area contributed by atoms with Gasteiger partial charge in [0.25, 0.3) is 0 Å². The smallest absolute Gasteiger partial charge is 0.239 e. The Labute approximate surface area is 119 Å². The van der Waals surface area contributed by atoms with Crippen LogP contribution in [0.25, 0.3) is 0 Å². The number of thiazole rings is 1. The van der Waals surface area contributed by atoms with Crippen LogP contribution in [0.2, 0.25) is 0 Å². The van der Waals surface area contributed by atoms with E-state index in [0.29, 0.717) is 6.54 Å². The third kappa shape index (κ3) is 3.00. The molecule has 0 atom stereocenters. The minimum atomic E-state index is -0.0853. The zero-order valence-corrected chi connectivity index (χ0v) is 11.4. The lowest BCUT2D eigenvalue weighted by atomic mass is 10.2. The normalized spacial score (nSPS) is 12.2. The lowest BCUT2D eigenvalue weighted by Crippen LogP contribution is -2.29. The van der Waals surface area contributed by atoms with Crippen molar-refractivity contribution in [1.82, 2.24) is 10.3 Å². The van der Waals surface area contributed by atoms with Crippen LogP contribution in [0.3, 0.4) is 0 Å². The number of ether oxygens (including phenoxy) is 2. The van der Waals surface area contributed by atoms with E-state index in [0.717, 1.165) is 22.2 Å². The molecule has 0 radical (unpaired) electrons. The number of carbonyl (C=O) groups is 1. The molecule has 2 aromatic rings. The Morgan fingerprint density at radius 2 is 2.25 bits per heavy atom. The first-order valence-electron chi connectivity index (χ1n) is 6.10. The highest BCUT2D eigenvalue weighted by Gasteiger charge is 2.13. The van der Waals surface area contributed by atoms with Crippen LogP contribution in [-0.2, 0) is 11.3 Å². The summed E-state index contributed by atoms with van der Waals surface area (Å²) in [6, 6.07) is 5.62. The van der Waals surface area contributed by atoms with E-state index in [1.54, 1.807) is 6.20 Å². The first-order valence-corrected chi connectivity index (χ1v) is 6.98. The van der Waals surface area contributed by atoms with Crippen LogP contribution in [0.5, 0.6) is 11.5 Å². The molecule has 6 nitrogen and oxygen atoms in total. The molecule has 0 fully saturated rings. The van der Waals surface area contributed by atoms with Crippen molar-refractivity contribution in [1.29, 1.82) is 0 Å². The zero-order valence-electron chi connectivity index (χ0n) is 10.6. The summed E-state index contributed by atoms with van der Waals surface area (Å²) < 4.78 is 10.5. The quantitative estimate of drug-likeness (QED) is 0.875. The van der Waals surface area contributed by atoms with Gasteiger partial charge >= 0.3 is 0 Å². The molecule has 0 bridgehead atoms. The van der Waals surface area contributed by atoms with E-state index in [1.165, 1.54) is 11.3 Å². The molecule has 7 heteroatoms. The summed E-state index contributed by atoms with van der Waals surface area (Å²) in [4.78, 5) is 15.7. The fraction of sp³-hybridized carbons (Fsp3) is 0.231. The lowest BCUT2D eigenvalue weighted by Gasteiger charge is -2.06. The molecule has 3 rings (SSSR count). The standard InChI is InChI=1S/C13H13N3O3S/c17-12(7-16-13-14-3-4-20-13)15-6-9-1-2-10-11(5-9)19-8-18-10/h1-5H,6-8H2,(H,14,16)(H,15,17). The van der Waals surface area contributed by atoms with Gasteiger partial charge in [-0.1, -0.05) is 6.07 Å². The molecule has 2 heterocycles. The molecular weight excluding hydrogens is 278 g/mol. The highest BCUT2D eigenvalue weighted by molar-refractivity contribution is 7.13. The first-order chi connectivity index (χ1) is 9.81. The Morgan fingerprint density at radius 3 is 3.10 bits per heavy atom. The number of anilines is 1. The molecule has 1 aliphatic heterocycles. The largest absolute Gasteiger partial charge is 0.454 e. The molecule has 1 amide bonds. The maximum Gasteiger partial charge on any atom is 0.239 e. The Kier molecular flexibility index (Phi) is 3.69. The highest BCUT2D eigenvalue weighted by Crippen LogP contribution is 2.32. The van der Waals surface area contributed by atoms with Gasteiger partial charge in [0.05, 0.1) is 6.54 Å². The van der Waals surface area contributed by atoms with Crippen LogP contribution in [0.1, 0.15) is 5.56 Å². The van der Waals surface area contributed by atoms with Gasteiger partial charge in [0.2, 0.25) is 12.7 Å². The van der Waals surface area contributed by atoms with Crippen molar-refractivity contribution >= 4 is 22.4 Å². The van der Waals surface area contributed by atoms with E-state index in [1.807, 2.05) is 23.6 Å². The first kappa shape index (κ1) is 12.7. The average Bonchev–Trinajstić information content (AvgIpc) is 3.13. The number of hydrogen-bond acceptors (Lipinski definition) is 6. The second-order valence-electron chi connectivity index (χ2n) is 4.16. The number of nitrogens with zero attached hydrogens (tertiary/aromatic N) is 1. The maximum atomic E-state index is 11.7. The molecule has 0 saturated heterocycles. The Hall–Kier alpha value is -2.28. The van der Waals surface area contributed by atoms with Crippen molar-refractivity contribution in [3.05, 3.63) is 35.3 Å². The summed E-state index contributed by atoms with van der Waals surface area (Å²) in [6.45, 7) is 0.913. The summed E-state index contributed by atoms with van der Waals surface area (Å²) in [5.41, 5.74) is 0.969. The molecule has 2 N–H and O–H groups in total. The highest BCUT2D eigenvalue weighted by atomic mass is 32.1. The fourth-order valence-electron chi connectivity index (χ4n) is 1.78. The molecule has 0 spiro atoms. The maximum absolute atomic E-state index is 11.7. The second-order valence-corrected chi connectivity index (χ2v) is 5.05. The molecule has 104 valence electrons. The fourth-order valence-corrected chi connectivity index (χ4v) is 2.31. The van der Waals surface area contributed by atoms with Crippen molar-refractivity contribution < 1.29 is 14.3 Å². The van der Waals surface area contributed by atoms with Crippen LogP contribution < -0.4 is 20.1 Å².